The van der Waals surface area contributed by atoms with Gasteiger partial charge < -0.3 is 10.2 Å². The molecule has 2 aromatic rings. The number of anilines is 1. The number of nitrogens with one attached hydrogen (secondary N) is 1. The molecular formula is C16H22N2S. The second-order valence-corrected chi connectivity index (χ2v) is 5.81. The molecule has 19 heavy (non-hydrogen) atoms. The van der Waals surface area contributed by atoms with E-state index in [-0.39, 0.29) is 0 Å². The number of benzene rings is 1. The topological polar surface area (TPSA) is 15.3 Å². The minimum absolute atomic E-state index is 0.999. The SMILES string of the molecule is Cc1ccsc1CNCCCN(C)c1ccccc1. The van der Waals surface area contributed by atoms with Crippen molar-refractivity contribution in [2.75, 3.05) is 25.0 Å². The summed E-state index contributed by atoms with van der Waals surface area (Å²) in [6.45, 7) is 5.32. The number of para-hydroxylation sites is 1. The van der Waals surface area contributed by atoms with Crippen molar-refractivity contribution in [2.24, 2.45) is 0 Å². The highest BCUT2D eigenvalue weighted by Crippen LogP contribution is 2.15. The fraction of sp³-hybridized carbons (Fsp3) is 0.375. The molecule has 2 nitrogen and oxygen atoms in total. The van der Waals surface area contributed by atoms with Crippen molar-refractivity contribution >= 4 is 17.0 Å². The molecule has 0 atom stereocenters. The minimum atomic E-state index is 0.999. The van der Waals surface area contributed by atoms with Gasteiger partial charge in [-0.2, -0.15) is 0 Å². The van der Waals surface area contributed by atoms with E-state index in [1.54, 1.807) is 0 Å². The molecule has 3 heteroatoms. The van der Waals surface area contributed by atoms with Gasteiger partial charge in [-0.15, -0.1) is 11.3 Å². The second kappa shape index (κ2) is 7.31. The Kier molecular flexibility index (Phi) is 5.43. The maximum atomic E-state index is 3.52. The van der Waals surface area contributed by atoms with Gasteiger partial charge in [0, 0.05) is 30.7 Å². The molecule has 0 aliphatic heterocycles. The van der Waals surface area contributed by atoms with Gasteiger partial charge >= 0.3 is 0 Å². The quantitative estimate of drug-likeness (QED) is 0.775. The number of hydrogen-bond donors (Lipinski definition) is 1. The first-order valence-electron chi connectivity index (χ1n) is 6.77. The Morgan fingerprint density at radius 1 is 1.16 bits per heavy atom. The smallest absolute Gasteiger partial charge is 0.0363 e. The highest BCUT2D eigenvalue weighted by molar-refractivity contribution is 7.10. The van der Waals surface area contributed by atoms with E-state index < -0.39 is 0 Å². The Morgan fingerprint density at radius 2 is 1.95 bits per heavy atom. The minimum Gasteiger partial charge on any atom is -0.375 e. The van der Waals surface area contributed by atoms with Crippen molar-refractivity contribution in [1.29, 1.82) is 0 Å². The Morgan fingerprint density at radius 3 is 2.63 bits per heavy atom. The summed E-state index contributed by atoms with van der Waals surface area (Å²) < 4.78 is 0. The lowest BCUT2D eigenvalue weighted by Crippen LogP contribution is -2.23. The van der Waals surface area contributed by atoms with Gasteiger partial charge in [0.05, 0.1) is 0 Å². The van der Waals surface area contributed by atoms with Crippen molar-refractivity contribution in [3.63, 3.8) is 0 Å². The predicted molar refractivity (Wildman–Crippen MR) is 85.1 cm³/mol. The predicted octanol–water partition coefficient (Wildman–Crippen LogP) is 3.67. The number of thiophene rings is 1. The molecule has 2 rings (SSSR count). The monoisotopic (exact) mass is 274 g/mol. The van der Waals surface area contributed by atoms with E-state index in [1.807, 2.05) is 11.3 Å². The van der Waals surface area contributed by atoms with Crippen molar-refractivity contribution in [3.05, 3.63) is 52.2 Å². The van der Waals surface area contributed by atoms with Crippen LogP contribution in [-0.4, -0.2) is 20.1 Å². The van der Waals surface area contributed by atoms with E-state index in [0.29, 0.717) is 0 Å². The van der Waals surface area contributed by atoms with Gasteiger partial charge in [0.25, 0.3) is 0 Å². The Labute approximate surface area is 120 Å². The van der Waals surface area contributed by atoms with Crippen LogP contribution in [0.1, 0.15) is 16.9 Å². The second-order valence-electron chi connectivity index (χ2n) is 4.81. The van der Waals surface area contributed by atoms with Gasteiger partial charge in [-0.05, 0) is 49.0 Å². The lowest BCUT2D eigenvalue weighted by atomic mass is 10.2. The lowest BCUT2D eigenvalue weighted by Gasteiger charge is -2.19. The maximum absolute atomic E-state index is 3.52. The summed E-state index contributed by atoms with van der Waals surface area (Å²) in [6, 6.07) is 12.7. The summed E-state index contributed by atoms with van der Waals surface area (Å²) in [5.74, 6) is 0. The third-order valence-electron chi connectivity index (χ3n) is 3.30. The van der Waals surface area contributed by atoms with Gasteiger partial charge in [0.15, 0.2) is 0 Å². The van der Waals surface area contributed by atoms with Crippen LogP contribution in [-0.2, 0) is 6.54 Å². The number of hydrogen-bond acceptors (Lipinski definition) is 3. The molecule has 1 aromatic heterocycles. The Balaban J connectivity index is 1.63. The van der Waals surface area contributed by atoms with Crippen LogP contribution >= 0.6 is 11.3 Å². The van der Waals surface area contributed by atoms with E-state index in [0.717, 1.165) is 26.1 Å². The van der Waals surface area contributed by atoms with Gasteiger partial charge in [-0.25, -0.2) is 0 Å². The molecule has 0 aliphatic rings. The maximum Gasteiger partial charge on any atom is 0.0363 e. The molecule has 1 aromatic carbocycles. The van der Waals surface area contributed by atoms with Crippen LogP contribution < -0.4 is 10.2 Å². The van der Waals surface area contributed by atoms with Crippen LogP contribution in [0.2, 0.25) is 0 Å². The summed E-state index contributed by atoms with van der Waals surface area (Å²) in [5, 5.41) is 5.68. The van der Waals surface area contributed by atoms with Gasteiger partial charge in [0.1, 0.15) is 0 Å². The standard InChI is InChI=1S/C16H22N2S/c1-14-9-12-19-16(14)13-17-10-6-11-18(2)15-7-4-3-5-8-15/h3-5,7-9,12,17H,6,10-11,13H2,1-2H3. The van der Waals surface area contributed by atoms with Crippen molar-refractivity contribution in [3.8, 4) is 0 Å². The molecule has 0 saturated heterocycles. The van der Waals surface area contributed by atoms with Crippen LogP contribution in [0.5, 0.6) is 0 Å². The highest BCUT2D eigenvalue weighted by Gasteiger charge is 2.00. The number of aryl methyl sites for hydroxylation is 1. The summed E-state index contributed by atoms with van der Waals surface area (Å²) >= 11 is 1.84. The molecule has 1 N–H and O–H groups in total. The molecule has 0 radical (unpaired) electrons. The first-order chi connectivity index (χ1) is 9.27. The van der Waals surface area contributed by atoms with E-state index in [4.69, 9.17) is 0 Å². The molecule has 0 unspecified atom stereocenters. The normalized spacial score (nSPS) is 10.6. The fourth-order valence-corrected chi connectivity index (χ4v) is 2.92. The zero-order chi connectivity index (χ0) is 13.5. The molecule has 0 spiro atoms. The first-order valence-corrected chi connectivity index (χ1v) is 7.65. The van der Waals surface area contributed by atoms with E-state index in [2.05, 4.69) is 66.0 Å². The third-order valence-corrected chi connectivity index (χ3v) is 4.32. The van der Waals surface area contributed by atoms with Crippen molar-refractivity contribution in [1.82, 2.24) is 5.32 Å². The van der Waals surface area contributed by atoms with Crippen LogP contribution in [0.3, 0.4) is 0 Å². The Bertz CT molecular complexity index is 479. The van der Waals surface area contributed by atoms with Gasteiger partial charge in [-0.1, -0.05) is 18.2 Å². The molecule has 0 amide bonds. The molecule has 0 fully saturated rings. The van der Waals surface area contributed by atoms with Crippen LogP contribution in [0, 0.1) is 6.92 Å². The summed E-state index contributed by atoms with van der Waals surface area (Å²) in [6.07, 6.45) is 1.16. The average molecular weight is 274 g/mol. The van der Waals surface area contributed by atoms with Crippen LogP contribution in [0.15, 0.2) is 41.8 Å². The van der Waals surface area contributed by atoms with Crippen molar-refractivity contribution < 1.29 is 0 Å². The molecule has 1 heterocycles. The molecule has 0 aliphatic carbocycles. The Hall–Kier alpha value is -1.32. The number of nitrogens with zero attached hydrogens (tertiary/aromatic N) is 1. The largest absolute Gasteiger partial charge is 0.375 e. The molecule has 102 valence electrons. The van der Waals surface area contributed by atoms with Crippen molar-refractivity contribution in [2.45, 2.75) is 19.9 Å². The zero-order valence-corrected chi connectivity index (χ0v) is 12.5. The summed E-state index contributed by atoms with van der Waals surface area (Å²) in [5.41, 5.74) is 2.69. The van der Waals surface area contributed by atoms with E-state index >= 15 is 0 Å². The molecule has 0 bridgehead atoms. The van der Waals surface area contributed by atoms with Crippen LogP contribution in [0.4, 0.5) is 5.69 Å². The third kappa shape index (κ3) is 4.37. The average Bonchev–Trinajstić information content (AvgIpc) is 2.85. The van der Waals surface area contributed by atoms with Gasteiger partial charge in [0.2, 0.25) is 0 Å². The van der Waals surface area contributed by atoms with E-state index in [1.165, 1.54) is 16.1 Å². The zero-order valence-electron chi connectivity index (χ0n) is 11.7. The summed E-state index contributed by atoms with van der Waals surface area (Å²) in [7, 11) is 2.15. The first kappa shape index (κ1) is 14.1. The van der Waals surface area contributed by atoms with E-state index in [9.17, 15) is 0 Å². The highest BCUT2D eigenvalue weighted by atomic mass is 32.1. The molecule has 0 saturated carbocycles. The van der Waals surface area contributed by atoms with Gasteiger partial charge in [-0.3, -0.25) is 0 Å². The number of rotatable bonds is 7. The molecular weight excluding hydrogens is 252 g/mol. The summed E-state index contributed by atoms with van der Waals surface area (Å²) in [4.78, 5) is 3.76. The van der Waals surface area contributed by atoms with Crippen LogP contribution in [0.25, 0.3) is 0 Å². The fourth-order valence-electron chi connectivity index (χ4n) is 2.04. The lowest BCUT2D eigenvalue weighted by molar-refractivity contribution is 0.649.